The highest BCUT2D eigenvalue weighted by Gasteiger charge is 2.22. The van der Waals surface area contributed by atoms with Gasteiger partial charge < -0.3 is 9.80 Å². The predicted molar refractivity (Wildman–Crippen MR) is 202 cm³/mol. The fraction of sp³-hybridized carbons (Fsp3) is 0. The molecule has 46 heavy (non-hydrogen) atoms. The van der Waals surface area contributed by atoms with Crippen molar-refractivity contribution in [1.29, 1.82) is 0 Å². The van der Waals surface area contributed by atoms with E-state index in [1.807, 2.05) is 22.7 Å². The topological polar surface area (TPSA) is 6.48 Å². The first-order valence-corrected chi connectivity index (χ1v) is 17.1. The monoisotopic (exact) mass is 624 g/mol. The van der Waals surface area contributed by atoms with Crippen LogP contribution in [0.3, 0.4) is 0 Å². The minimum absolute atomic E-state index is 1.14. The van der Waals surface area contributed by atoms with Gasteiger partial charge in [-0.2, -0.15) is 0 Å². The van der Waals surface area contributed by atoms with Crippen molar-refractivity contribution in [3.05, 3.63) is 170 Å². The molecule has 0 saturated heterocycles. The van der Waals surface area contributed by atoms with Crippen LogP contribution >= 0.6 is 22.7 Å². The molecule has 4 heteroatoms. The van der Waals surface area contributed by atoms with Gasteiger partial charge in [0, 0.05) is 53.7 Å². The molecule has 0 amide bonds. The first-order chi connectivity index (χ1) is 22.8. The summed E-state index contributed by atoms with van der Waals surface area (Å²) in [6.45, 7) is 0. The average Bonchev–Trinajstić information content (AvgIpc) is 3.69. The Hall–Kier alpha value is -5.42. The number of benzene rings is 7. The summed E-state index contributed by atoms with van der Waals surface area (Å²) in [5.74, 6) is 0. The lowest BCUT2D eigenvalue weighted by atomic mass is 10.1. The van der Waals surface area contributed by atoms with E-state index in [-0.39, 0.29) is 0 Å². The summed E-state index contributed by atoms with van der Waals surface area (Å²) in [5, 5.41) is 5.17. The van der Waals surface area contributed by atoms with Crippen molar-refractivity contribution < 1.29 is 0 Å². The molecular weight excluding hydrogens is 597 g/mol. The fourth-order valence-corrected chi connectivity index (χ4v) is 9.03. The second-order valence-electron chi connectivity index (χ2n) is 11.4. The van der Waals surface area contributed by atoms with Gasteiger partial charge in [0.05, 0.1) is 20.8 Å². The maximum atomic E-state index is 2.42. The Bertz CT molecular complexity index is 2440. The molecule has 2 nitrogen and oxygen atoms in total. The first kappa shape index (κ1) is 26.9. The van der Waals surface area contributed by atoms with Gasteiger partial charge in [-0.05, 0) is 66.7 Å². The third-order valence-corrected chi connectivity index (χ3v) is 11.0. The number of anilines is 6. The number of hydrogen-bond donors (Lipinski definition) is 0. The van der Waals surface area contributed by atoms with Gasteiger partial charge in [0.15, 0.2) is 0 Å². The lowest BCUT2D eigenvalue weighted by Gasteiger charge is -2.26. The van der Waals surface area contributed by atoms with Crippen molar-refractivity contribution in [2.75, 3.05) is 9.80 Å². The maximum absolute atomic E-state index is 2.42. The van der Waals surface area contributed by atoms with E-state index in [0.717, 1.165) is 22.7 Å². The van der Waals surface area contributed by atoms with Gasteiger partial charge in [0.25, 0.3) is 0 Å². The van der Waals surface area contributed by atoms with E-state index in [1.54, 1.807) is 0 Å². The molecule has 0 aliphatic heterocycles. The molecule has 9 rings (SSSR count). The zero-order valence-corrected chi connectivity index (χ0v) is 26.5. The van der Waals surface area contributed by atoms with E-state index in [9.17, 15) is 0 Å². The molecule has 218 valence electrons. The lowest BCUT2D eigenvalue weighted by Crippen LogP contribution is -2.09. The van der Waals surface area contributed by atoms with E-state index in [1.165, 1.54) is 51.7 Å². The molecule has 0 fully saturated rings. The van der Waals surface area contributed by atoms with Crippen LogP contribution in [0.2, 0.25) is 0 Å². The Morgan fingerprint density at radius 1 is 0.304 bits per heavy atom. The second-order valence-corrected chi connectivity index (χ2v) is 13.5. The van der Waals surface area contributed by atoms with Crippen molar-refractivity contribution in [1.82, 2.24) is 0 Å². The number of fused-ring (bicyclic) bond motifs is 6. The van der Waals surface area contributed by atoms with Gasteiger partial charge in [-0.15, -0.1) is 22.7 Å². The van der Waals surface area contributed by atoms with Crippen molar-refractivity contribution in [2.24, 2.45) is 0 Å². The predicted octanol–water partition coefficient (Wildman–Crippen LogP) is 13.4. The quantitative estimate of drug-likeness (QED) is 0.182. The summed E-state index contributed by atoms with van der Waals surface area (Å²) in [6.07, 6.45) is 0. The summed E-state index contributed by atoms with van der Waals surface area (Å²) in [7, 11) is 0. The Morgan fingerprint density at radius 2 is 0.761 bits per heavy atom. The highest BCUT2D eigenvalue weighted by Crippen LogP contribution is 2.49. The van der Waals surface area contributed by atoms with Crippen LogP contribution in [0.15, 0.2) is 170 Å². The summed E-state index contributed by atoms with van der Waals surface area (Å²) in [4.78, 5) is 4.80. The van der Waals surface area contributed by atoms with Gasteiger partial charge in [-0.25, -0.2) is 0 Å². The smallest absolute Gasteiger partial charge is 0.0640 e. The number of rotatable bonds is 6. The molecule has 2 heterocycles. The van der Waals surface area contributed by atoms with Crippen LogP contribution in [0.4, 0.5) is 34.1 Å². The fourth-order valence-electron chi connectivity index (χ4n) is 6.58. The Labute approximate surface area is 275 Å². The van der Waals surface area contributed by atoms with Gasteiger partial charge in [-0.3, -0.25) is 0 Å². The molecule has 0 saturated carbocycles. The van der Waals surface area contributed by atoms with E-state index >= 15 is 0 Å². The Balaban J connectivity index is 1.28. The Kier molecular flexibility index (Phi) is 6.55. The van der Waals surface area contributed by atoms with Gasteiger partial charge >= 0.3 is 0 Å². The molecule has 9 aromatic rings. The average molecular weight is 625 g/mol. The molecule has 0 radical (unpaired) electrons. The third-order valence-electron chi connectivity index (χ3n) is 8.63. The normalized spacial score (nSPS) is 11.5. The highest BCUT2D eigenvalue weighted by atomic mass is 32.1. The zero-order chi connectivity index (χ0) is 30.5. The molecule has 0 aliphatic carbocycles. The molecule has 0 unspecified atom stereocenters. The standard InChI is InChI=1S/C42H28N2S2/c1-4-14-29(15-5-1)43(30-16-6-2-7-17-30)37-23-12-21-35-36-22-13-24-38(42(36)46-41(35)37)44(31-18-8-3-9-19-31)32-26-27-34-33-20-10-11-25-39(33)45-40(34)28-32/h1-28H. The van der Waals surface area contributed by atoms with E-state index in [0.29, 0.717) is 0 Å². The highest BCUT2D eigenvalue weighted by molar-refractivity contribution is 7.27. The van der Waals surface area contributed by atoms with Crippen LogP contribution in [0.25, 0.3) is 40.3 Å². The number of hydrogen-bond acceptors (Lipinski definition) is 4. The molecule has 0 aliphatic rings. The molecule has 7 aromatic carbocycles. The van der Waals surface area contributed by atoms with E-state index in [2.05, 4.69) is 180 Å². The van der Waals surface area contributed by atoms with Crippen LogP contribution in [0.1, 0.15) is 0 Å². The van der Waals surface area contributed by atoms with Crippen molar-refractivity contribution in [2.45, 2.75) is 0 Å². The van der Waals surface area contributed by atoms with Crippen LogP contribution in [-0.2, 0) is 0 Å². The summed E-state index contributed by atoms with van der Waals surface area (Å²) >= 11 is 3.74. The summed E-state index contributed by atoms with van der Waals surface area (Å²) < 4.78 is 5.16. The SMILES string of the molecule is c1ccc(N(c2ccccc2)c2cccc3c2sc2c(N(c4ccccc4)c4ccc5c(c4)sc4ccccc45)cccc23)cc1. The largest absolute Gasteiger partial charge is 0.309 e. The van der Waals surface area contributed by atoms with Crippen LogP contribution in [-0.4, -0.2) is 0 Å². The first-order valence-electron chi connectivity index (χ1n) is 15.4. The summed E-state index contributed by atoms with van der Waals surface area (Å²) in [6, 6.07) is 61.2. The number of thiophene rings is 2. The van der Waals surface area contributed by atoms with E-state index < -0.39 is 0 Å². The third kappa shape index (κ3) is 4.46. The van der Waals surface area contributed by atoms with Gasteiger partial charge in [0.1, 0.15) is 0 Å². The van der Waals surface area contributed by atoms with Crippen molar-refractivity contribution >= 4 is 97.1 Å². The van der Waals surface area contributed by atoms with Crippen LogP contribution in [0, 0.1) is 0 Å². The molecular formula is C42H28N2S2. The minimum atomic E-state index is 1.14. The lowest BCUT2D eigenvalue weighted by molar-refractivity contribution is 1.30. The molecule has 0 bridgehead atoms. The maximum Gasteiger partial charge on any atom is 0.0640 e. The van der Waals surface area contributed by atoms with E-state index in [4.69, 9.17) is 0 Å². The van der Waals surface area contributed by atoms with Crippen molar-refractivity contribution in [3.63, 3.8) is 0 Å². The molecule has 0 spiro atoms. The van der Waals surface area contributed by atoms with Crippen LogP contribution < -0.4 is 9.80 Å². The zero-order valence-electron chi connectivity index (χ0n) is 24.9. The van der Waals surface area contributed by atoms with Crippen LogP contribution in [0.5, 0.6) is 0 Å². The van der Waals surface area contributed by atoms with Crippen molar-refractivity contribution in [3.8, 4) is 0 Å². The second kappa shape index (κ2) is 11.2. The molecule has 0 atom stereocenters. The summed E-state index contributed by atoms with van der Waals surface area (Å²) in [5.41, 5.74) is 6.94. The number of para-hydroxylation sites is 3. The number of nitrogens with zero attached hydrogens (tertiary/aromatic N) is 2. The molecule has 2 aromatic heterocycles. The van der Waals surface area contributed by atoms with Gasteiger partial charge in [0.2, 0.25) is 0 Å². The molecule has 0 N–H and O–H groups in total. The van der Waals surface area contributed by atoms with Gasteiger partial charge in [-0.1, -0.05) is 103 Å². The Morgan fingerprint density at radius 3 is 1.33 bits per heavy atom. The minimum Gasteiger partial charge on any atom is -0.309 e.